The maximum Gasteiger partial charge on any atom is 0.405 e. The molecule has 1 aliphatic carbocycles. The zero-order valence-electron chi connectivity index (χ0n) is 9.26. The number of hydrogen-bond acceptors (Lipinski definition) is 4. The number of fused-ring (bicyclic) bond motifs is 1. The van der Waals surface area contributed by atoms with Crippen LogP contribution in [0, 0.1) is 0 Å². The van der Waals surface area contributed by atoms with Crippen LogP contribution in [0.4, 0.5) is 9.59 Å². The third-order valence-electron chi connectivity index (χ3n) is 2.68. The van der Waals surface area contributed by atoms with Gasteiger partial charge >= 0.3 is 12.2 Å². The maximum absolute atomic E-state index is 10.9. The quantitative estimate of drug-likeness (QED) is 0.849. The highest BCUT2D eigenvalue weighted by Gasteiger charge is 2.37. The highest BCUT2D eigenvalue weighted by Crippen LogP contribution is 2.37. The van der Waals surface area contributed by atoms with E-state index in [0.717, 1.165) is 5.56 Å². The summed E-state index contributed by atoms with van der Waals surface area (Å²) in [6.45, 7) is 0. The second kappa shape index (κ2) is 4.73. The third-order valence-corrected chi connectivity index (χ3v) is 2.92. The Morgan fingerprint density at radius 2 is 1.89 bits per heavy atom. The van der Waals surface area contributed by atoms with Crippen LogP contribution in [0.25, 0.3) is 0 Å². The molecule has 1 aromatic carbocycles. The number of carbonyl (C=O) groups is 2. The first kappa shape index (κ1) is 12.5. The largest absolute Gasteiger partial charge is 0.442 e. The fourth-order valence-corrected chi connectivity index (χ4v) is 2.24. The number of rotatable bonds is 2. The van der Waals surface area contributed by atoms with Crippen LogP contribution in [-0.2, 0) is 15.9 Å². The van der Waals surface area contributed by atoms with Crippen molar-refractivity contribution in [2.75, 3.05) is 0 Å². The Kier molecular flexibility index (Phi) is 3.29. The van der Waals surface area contributed by atoms with Crippen molar-refractivity contribution in [1.29, 1.82) is 0 Å². The number of amides is 2. The van der Waals surface area contributed by atoms with Crippen molar-refractivity contribution in [2.24, 2.45) is 11.5 Å². The minimum absolute atomic E-state index is 0.396. The third kappa shape index (κ3) is 2.48. The topological polar surface area (TPSA) is 105 Å². The van der Waals surface area contributed by atoms with Crippen LogP contribution in [0.15, 0.2) is 18.2 Å². The predicted molar refractivity (Wildman–Crippen MR) is 63.0 cm³/mol. The second-order valence-electron chi connectivity index (χ2n) is 3.88. The van der Waals surface area contributed by atoms with E-state index < -0.39 is 24.4 Å². The Morgan fingerprint density at radius 3 is 2.50 bits per heavy atom. The molecule has 0 heterocycles. The molecule has 0 radical (unpaired) electrons. The Balaban J connectivity index is 2.31. The maximum atomic E-state index is 10.9. The number of primary amides is 2. The molecule has 0 saturated carbocycles. The zero-order chi connectivity index (χ0) is 13.3. The van der Waals surface area contributed by atoms with Crippen LogP contribution in [0.5, 0.6) is 0 Å². The Hall–Kier alpha value is -1.95. The van der Waals surface area contributed by atoms with E-state index in [2.05, 4.69) is 0 Å². The van der Waals surface area contributed by atoms with Crippen molar-refractivity contribution < 1.29 is 19.1 Å². The van der Waals surface area contributed by atoms with Gasteiger partial charge < -0.3 is 20.9 Å². The smallest absolute Gasteiger partial charge is 0.405 e. The van der Waals surface area contributed by atoms with Crippen molar-refractivity contribution >= 4 is 23.8 Å². The van der Waals surface area contributed by atoms with Gasteiger partial charge in [0.2, 0.25) is 0 Å². The van der Waals surface area contributed by atoms with E-state index >= 15 is 0 Å². The molecule has 18 heavy (non-hydrogen) atoms. The number of nitrogens with two attached hydrogens (primary N) is 2. The molecule has 0 aromatic heterocycles. The van der Waals surface area contributed by atoms with Crippen molar-refractivity contribution in [3.63, 3.8) is 0 Å². The Bertz CT molecular complexity index is 506. The lowest BCUT2D eigenvalue weighted by atomic mass is 10.1. The lowest BCUT2D eigenvalue weighted by Crippen LogP contribution is -2.30. The second-order valence-corrected chi connectivity index (χ2v) is 4.32. The minimum atomic E-state index is -0.953. The van der Waals surface area contributed by atoms with Gasteiger partial charge in [0, 0.05) is 17.0 Å². The molecule has 0 saturated heterocycles. The summed E-state index contributed by atoms with van der Waals surface area (Å²) in [6, 6.07) is 5.13. The standard InChI is InChI=1S/C11H11ClN2O4/c12-6-2-1-5-3-8(17-10(13)15)9(7(5)4-6)18-11(14)16/h1-2,4,8-9H,3H2,(H2,13,15)(H2,14,16)/t8-,9+/m0/s1. The van der Waals surface area contributed by atoms with Crippen molar-refractivity contribution in [2.45, 2.75) is 18.6 Å². The summed E-state index contributed by atoms with van der Waals surface area (Å²) in [5, 5.41) is 0.492. The number of hydrogen-bond donors (Lipinski definition) is 2. The van der Waals surface area contributed by atoms with Crippen molar-refractivity contribution in [3.8, 4) is 0 Å². The first-order chi connectivity index (χ1) is 8.47. The average Bonchev–Trinajstić information content (AvgIpc) is 2.55. The van der Waals surface area contributed by atoms with E-state index in [1.807, 2.05) is 0 Å². The van der Waals surface area contributed by atoms with Crippen LogP contribution < -0.4 is 11.5 Å². The monoisotopic (exact) mass is 270 g/mol. The summed E-state index contributed by atoms with van der Waals surface area (Å²) in [7, 11) is 0. The molecule has 4 N–H and O–H groups in total. The molecule has 2 rings (SSSR count). The molecular weight excluding hydrogens is 260 g/mol. The van der Waals surface area contributed by atoms with E-state index in [0.29, 0.717) is 17.0 Å². The fourth-order valence-electron chi connectivity index (χ4n) is 2.06. The molecule has 7 heteroatoms. The van der Waals surface area contributed by atoms with Gasteiger partial charge in [-0.25, -0.2) is 9.59 Å². The molecular formula is C11H11ClN2O4. The van der Waals surface area contributed by atoms with Gasteiger partial charge in [0.25, 0.3) is 0 Å². The number of halogens is 1. The normalized spacial score (nSPS) is 21.2. The van der Waals surface area contributed by atoms with Crippen LogP contribution >= 0.6 is 11.6 Å². The summed E-state index contributed by atoms with van der Waals surface area (Å²) in [4.78, 5) is 21.7. The van der Waals surface area contributed by atoms with Gasteiger partial charge in [0.1, 0.15) is 6.10 Å². The summed E-state index contributed by atoms with van der Waals surface area (Å²) in [6.07, 6.45) is -2.94. The SMILES string of the molecule is NC(=O)O[C@H]1Cc2ccc(Cl)cc2[C@H]1OC(N)=O. The van der Waals surface area contributed by atoms with E-state index in [1.54, 1.807) is 18.2 Å². The predicted octanol–water partition coefficient (Wildman–Crippen LogP) is 1.50. The van der Waals surface area contributed by atoms with Gasteiger partial charge in [-0.05, 0) is 17.7 Å². The highest BCUT2D eigenvalue weighted by molar-refractivity contribution is 6.30. The molecule has 96 valence electrons. The molecule has 2 atom stereocenters. The van der Waals surface area contributed by atoms with Crippen LogP contribution in [-0.4, -0.2) is 18.3 Å². The van der Waals surface area contributed by atoms with Crippen molar-refractivity contribution in [3.05, 3.63) is 34.3 Å². The Morgan fingerprint density at radius 1 is 1.22 bits per heavy atom. The van der Waals surface area contributed by atoms with E-state index in [4.69, 9.17) is 32.5 Å². The number of carbonyl (C=O) groups excluding carboxylic acids is 2. The first-order valence-corrected chi connectivity index (χ1v) is 5.55. The van der Waals surface area contributed by atoms with Gasteiger partial charge in [-0.2, -0.15) is 0 Å². The highest BCUT2D eigenvalue weighted by atomic mass is 35.5. The van der Waals surface area contributed by atoms with E-state index in [9.17, 15) is 9.59 Å². The van der Waals surface area contributed by atoms with Gasteiger partial charge in [0.05, 0.1) is 0 Å². The molecule has 0 bridgehead atoms. The summed E-state index contributed by atoms with van der Waals surface area (Å²) in [5.74, 6) is 0. The molecule has 0 spiro atoms. The van der Waals surface area contributed by atoms with Gasteiger partial charge in [-0.1, -0.05) is 17.7 Å². The van der Waals surface area contributed by atoms with Crippen LogP contribution in [0.3, 0.4) is 0 Å². The van der Waals surface area contributed by atoms with E-state index in [-0.39, 0.29) is 0 Å². The molecule has 0 unspecified atom stereocenters. The summed E-state index contributed by atoms with van der Waals surface area (Å²) >= 11 is 5.87. The fraction of sp³-hybridized carbons (Fsp3) is 0.273. The molecule has 1 aromatic rings. The van der Waals surface area contributed by atoms with Gasteiger partial charge in [-0.3, -0.25) is 0 Å². The van der Waals surface area contributed by atoms with Crippen LogP contribution in [0.2, 0.25) is 5.02 Å². The minimum Gasteiger partial charge on any atom is -0.442 e. The molecule has 0 aliphatic heterocycles. The van der Waals surface area contributed by atoms with Crippen LogP contribution in [0.1, 0.15) is 17.2 Å². The number of ether oxygens (including phenoxy) is 2. The number of benzene rings is 1. The molecule has 6 nitrogen and oxygen atoms in total. The molecule has 0 fully saturated rings. The summed E-state index contributed by atoms with van der Waals surface area (Å²) in [5.41, 5.74) is 11.5. The zero-order valence-corrected chi connectivity index (χ0v) is 10.0. The Labute approximate surface area is 108 Å². The lowest BCUT2D eigenvalue weighted by molar-refractivity contribution is 0.00574. The van der Waals surface area contributed by atoms with Gasteiger partial charge in [-0.15, -0.1) is 0 Å². The molecule has 2 amide bonds. The van der Waals surface area contributed by atoms with Crippen molar-refractivity contribution in [1.82, 2.24) is 0 Å². The lowest BCUT2D eigenvalue weighted by Gasteiger charge is -2.19. The van der Waals surface area contributed by atoms with Gasteiger partial charge in [0.15, 0.2) is 6.10 Å². The average molecular weight is 271 g/mol. The summed E-state index contributed by atoms with van der Waals surface area (Å²) < 4.78 is 9.86. The van der Waals surface area contributed by atoms with E-state index in [1.165, 1.54) is 0 Å². The first-order valence-electron chi connectivity index (χ1n) is 5.18. The molecule has 1 aliphatic rings.